The van der Waals surface area contributed by atoms with Crippen LogP contribution in [0.5, 0.6) is 0 Å². The third-order valence-electron chi connectivity index (χ3n) is 3.46. The Kier molecular flexibility index (Phi) is 10.4. The molecule has 1 atom stereocenters. The van der Waals surface area contributed by atoms with Crippen LogP contribution >= 0.6 is 11.3 Å². The highest BCUT2D eigenvalue weighted by molar-refractivity contribution is 7.13. The number of nitrogens with zero attached hydrogens (tertiary/aromatic N) is 2. The summed E-state index contributed by atoms with van der Waals surface area (Å²) in [5, 5.41) is 7.23. The summed E-state index contributed by atoms with van der Waals surface area (Å²) < 4.78 is 9.97. The number of carbonyl (C=O) groups excluding carboxylic acids is 2. The van der Waals surface area contributed by atoms with E-state index < -0.39 is 0 Å². The number of thiazole rings is 1. The molecule has 0 spiro atoms. The average Bonchev–Trinajstić information content (AvgIpc) is 3.01. The monoisotopic (exact) mass is 398 g/mol. The average molecular weight is 399 g/mol. The van der Waals surface area contributed by atoms with Gasteiger partial charge in [0.2, 0.25) is 0 Å². The van der Waals surface area contributed by atoms with Gasteiger partial charge in [0, 0.05) is 19.5 Å². The maximum Gasteiger partial charge on any atom is 0.350 e. The molecule has 1 rings (SSSR count). The van der Waals surface area contributed by atoms with Crippen molar-refractivity contribution in [3.8, 4) is 0 Å². The summed E-state index contributed by atoms with van der Waals surface area (Å²) in [7, 11) is 0. The molecule has 27 heavy (non-hydrogen) atoms. The first-order valence-corrected chi connectivity index (χ1v) is 10.1. The standard InChI is InChI=1S/C18H30N4O4S/c1-6-19-18(20-11-9-10-14(23)25-7-2)22-13(5)16-21-12(4)15(27-16)17(24)26-8-3/h13H,6-11H2,1-5H3,(H2,19,20,22). The van der Waals surface area contributed by atoms with E-state index in [4.69, 9.17) is 9.47 Å². The smallest absolute Gasteiger partial charge is 0.350 e. The number of hydrogen-bond donors (Lipinski definition) is 2. The number of aliphatic imine (C=N–C) groups is 1. The van der Waals surface area contributed by atoms with Gasteiger partial charge in [-0.15, -0.1) is 11.3 Å². The quantitative estimate of drug-likeness (QED) is 0.270. The number of hydrogen-bond acceptors (Lipinski definition) is 7. The van der Waals surface area contributed by atoms with Gasteiger partial charge in [0.05, 0.1) is 24.9 Å². The zero-order valence-electron chi connectivity index (χ0n) is 16.8. The Morgan fingerprint density at radius 2 is 1.93 bits per heavy atom. The van der Waals surface area contributed by atoms with Gasteiger partial charge in [-0.05, 0) is 41.0 Å². The minimum Gasteiger partial charge on any atom is -0.466 e. The third-order valence-corrected chi connectivity index (χ3v) is 4.78. The first-order valence-electron chi connectivity index (χ1n) is 9.27. The van der Waals surface area contributed by atoms with E-state index >= 15 is 0 Å². The first kappa shape index (κ1) is 22.9. The Bertz CT molecular complexity index is 645. The lowest BCUT2D eigenvalue weighted by Gasteiger charge is -2.16. The first-order chi connectivity index (χ1) is 12.9. The third kappa shape index (κ3) is 7.94. The Hall–Kier alpha value is -2.16. The molecule has 0 aliphatic heterocycles. The van der Waals surface area contributed by atoms with Crippen molar-refractivity contribution in [1.29, 1.82) is 0 Å². The molecule has 0 aliphatic rings. The minimum absolute atomic E-state index is 0.125. The van der Waals surface area contributed by atoms with E-state index in [1.54, 1.807) is 20.8 Å². The van der Waals surface area contributed by atoms with E-state index in [0.717, 1.165) is 5.01 Å². The van der Waals surface area contributed by atoms with Crippen LogP contribution in [0.15, 0.2) is 4.99 Å². The predicted octanol–water partition coefficient (Wildman–Crippen LogP) is 2.59. The number of carbonyl (C=O) groups is 2. The van der Waals surface area contributed by atoms with E-state index in [9.17, 15) is 9.59 Å². The summed E-state index contributed by atoms with van der Waals surface area (Å²) >= 11 is 1.32. The second-order valence-electron chi connectivity index (χ2n) is 5.72. The van der Waals surface area contributed by atoms with Crippen molar-refractivity contribution in [2.45, 2.75) is 53.5 Å². The Morgan fingerprint density at radius 1 is 1.22 bits per heavy atom. The molecule has 0 fully saturated rings. The molecule has 1 heterocycles. The lowest BCUT2D eigenvalue weighted by atomic mass is 10.3. The van der Waals surface area contributed by atoms with Gasteiger partial charge < -0.3 is 20.1 Å². The van der Waals surface area contributed by atoms with E-state index in [-0.39, 0.29) is 18.0 Å². The van der Waals surface area contributed by atoms with Crippen molar-refractivity contribution >= 4 is 29.2 Å². The molecule has 0 saturated heterocycles. The minimum atomic E-state index is -0.342. The number of aryl methyl sites for hydroxylation is 1. The predicted molar refractivity (Wildman–Crippen MR) is 106 cm³/mol. The second kappa shape index (κ2) is 12.3. The maximum absolute atomic E-state index is 12.0. The van der Waals surface area contributed by atoms with Crippen LogP contribution in [0.3, 0.4) is 0 Å². The molecule has 8 nitrogen and oxygen atoms in total. The molecule has 152 valence electrons. The highest BCUT2D eigenvalue weighted by atomic mass is 32.1. The summed E-state index contributed by atoms with van der Waals surface area (Å²) in [4.78, 5) is 32.8. The van der Waals surface area contributed by atoms with E-state index in [0.29, 0.717) is 55.7 Å². The largest absolute Gasteiger partial charge is 0.466 e. The number of esters is 2. The van der Waals surface area contributed by atoms with Crippen molar-refractivity contribution in [2.75, 3.05) is 26.3 Å². The van der Waals surface area contributed by atoms with Crippen molar-refractivity contribution in [3.63, 3.8) is 0 Å². The lowest BCUT2D eigenvalue weighted by molar-refractivity contribution is -0.143. The van der Waals surface area contributed by atoms with Crippen molar-refractivity contribution in [3.05, 3.63) is 15.6 Å². The fourth-order valence-corrected chi connectivity index (χ4v) is 3.19. The molecule has 1 unspecified atom stereocenters. The van der Waals surface area contributed by atoms with Gasteiger partial charge in [-0.3, -0.25) is 9.79 Å². The van der Waals surface area contributed by atoms with Crippen LogP contribution in [0, 0.1) is 6.92 Å². The molecule has 0 radical (unpaired) electrons. The maximum atomic E-state index is 12.0. The van der Waals surface area contributed by atoms with E-state index in [2.05, 4.69) is 20.6 Å². The van der Waals surface area contributed by atoms with Gasteiger partial charge in [-0.25, -0.2) is 9.78 Å². The van der Waals surface area contributed by atoms with Gasteiger partial charge in [-0.1, -0.05) is 0 Å². The molecule has 1 aromatic heterocycles. The second-order valence-corrected chi connectivity index (χ2v) is 6.75. The van der Waals surface area contributed by atoms with E-state index in [1.165, 1.54) is 11.3 Å². The zero-order chi connectivity index (χ0) is 20.2. The van der Waals surface area contributed by atoms with Crippen LogP contribution in [0.2, 0.25) is 0 Å². The molecule has 0 aromatic carbocycles. The number of guanidine groups is 1. The van der Waals surface area contributed by atoms with Crippen LogP contribution < -0.4 is 10.6 Å². The summed E-state index contributed by atoms with van der Waals surface area (Å²) in [5.41, 5.74) is 0.665. The molecule has 0 bridgehead atoms. The van der Waals surface area contributed by atoms with Gasteiger partial charge in [0.25, 0.3) is 0 Å². The SMILES string of the molecule is CCNC(=NCCCC(=O)OCC)NC(C)c1nc(C)c(C(=O)OCC)s1. The Labute approximate surface area is 164 Å². The van der Waals surface area contributed by atoms with Crippen LogP contribution in [0.25, 0.3) is 0 Å². The van der Waals surface area contributed by atoms with Gasteiger partial charge in [0.15, 0.2) is 5.96 Å². The molecular formula is C18H30N4O4S. The van der Waals surface area contributed by atoms with Gasteiger partial charge in [0.1, 0.15) is 9.88 Å². The van der Waals surface area contributed by atoms with Crippen LogP contribution in [0.1, 0.15) is 67.0 Å². The van der Waals surface area contributed by atoms with Crippen molar-refractivity contribution in [2.24, 2.45) is 4.99 Å². The molecule has 0 aliphatic carbocycles. The zero-order valence-corrected chi connectivity index (χ0v) is 17.6. The highest BCUT2D eigenvalue weighted by Gasteiger charge is 2.20. The van der Waals surface area contributed by atoms with Gasteiger partial charge >= 0.3 is 11.9 Å². The molecule has 2 N–H and O–H groups in total. The lowest BCUT2D eigenvalue weighted by Crippen LogP contribution is -2.38. The fourth-order valence-electron chi connectivity index (χ4n) is 2.22. The highest BCUT2D eigenvalue weighted by Crippen LogP contribution is 2.24. The summed E-state index contributed by atoms with van der Waals surface area (Å²) in [6.07, 6.45) is 0.966. The number of aromatic nitrogens is 1. The summed E-state index contributed by atoms with van der Waals surface area (Å²) in [5.74, 6) is 0.0914. The van der Waals surface area contributed by atoms with Crippen LogP contribution in [-0.4, -0.2) is 49.2 Å². The molecule has 1 aromatic rings. The number of ether oxygens (including phenoxy) is 2. The van der Waals surface area contributed by atoms with Crippen molar-refractivity contribution in [1.82, 2.24) is 15.6 Å². The van der Waals surface area contributed by atoms with E-state index in [1.807, 2.05) is 13.8 Å². The topological polar surface area (TPSA) is 102 Å². The molecular weight excluding hydrogens is 368 g/mol. The fraction of sp³-hybridized carbons (Fsp3) is 0.667. The molecule has 0 saturated carbocycles. The number of rotatable bonds is 10. The van der Waals surface area contributed by atoms with Crippen LogP contribution in [0.4, 0.5) is 0 Å². The van der Waals surface area contributed by atoms with Gasteiger partial charge in [-0.2, -0.15) is 0 Å². The molecule has 0 amide bonds. The van der Waals surface area contributed by atoms with Crippen molar-refractivity contribution < 1.29 is 19.1 Å². The number of nitrogens with one attached hydrogen (secondary N) is 2. The summed E-state index contributed by atoms with van der Waals surface area (Å²) in [6, 6.07) is -0.125. The normalized spacial score (nSPS) is 12.4. The Morgan fingerprint density at radius 3 is 2.56 bits per heavy atom. The Balaban J connectivity index is 2.68. The summed E-state index contributed by atoms with van der Waals surface area (Å²) in [6.45, 7) is 11.2. The molecule has 9 heteroatoms. The van der Waals surface area contributed by atoms with Crippen LogP contribution in [-0.2, 0) is 14.3 Å².